The summed E-state index contributed by atoms with van der Waals surface area (Å²) in [5, 5.41) is 9.84. The van der Waals surface area contributed by atoms with Crippen LogP contribution in [0.25, 0.3) is 0 Å². The average molecular weight is 306 g/mol. The molecule has 0 atom stereocenters. The van der Waals surface area contributed by atoms with Gasteiger partial charge in [-0.05, 0) is 24.5 Å². The molecule has 22 heavy (non-hydrogen) atoms. The monoisotopic (exact) mass is 306 g/mol. The second-order valence-electron chi connectivity index (χ2n) is 5.88. The first-order valence-corrected chi connectivity index (χ1v) is 8.59. The van der Waals surface area contributed by atoms with Gasteiger partial charge < -0.3 is 9.84 Å². The van der Waals surface area contributed by atoms with Crippen molar-refractivity contribution >= 4 is 5.97 Å². The fourth-order valence-electron chi connectivity index (χ4n) is 2.76. The van der Waals surface area contributed by atoms with Crippen molar-refractivity contribution in [2.24, 2.45) is 0 Å². The summed E-state index contributed by atoms with van der Waals surface area (Å²) < 4.78 is 4.75. The molecule has 0 saturated carbocycles. The Morgan fingerprint density at radius 2 is 1.59 bits per heavy atom. The SMILES string of the molecule is CCCCCCCCCCCc1cccc(O)c1C(=O)OC. The van der Waals surface area contributed by atoms with Crippen molar-refractivity contribution in [3.8, 4) is 5.75 Å². The highest BCUT2D eigenvalue weighted by Crippen LogP contribution is 2.23. The third-order valence-corrected chi connectivity index (χ3v) is 4.07. The number of phenols is 1. The molecule has 3 nitrogen and oxygen atoms in total. The first kappa shape index (κ1) is 18.5. The number of methoxy groups -OCH3 is 1. The molecule has 1 N–H and O–H groups in total. The van der Waals surface area contributed by atoms with E-state index in [1.807, 2.05) is 6.07 Å². The minimum absolute atomic E-state index is 0.0141. The van der Waals surface area contributed by atoms with Gasteiger partial charge in [0.1, 0.15) is 11.3 Å². The van der Waals surface area contributed by atoms with Crippen molar-refractivity contribution < 1.29 is 14.6 Å². The highest BCUT2D eigenvalue weighted by atomic mass is 16.5. The zero-order valence-electron chi connectivity index (χ0n) is 14.1. The fourth-order valence-corrected chi connectivity index (χ4v) is 2.76. The Hall–Kier alpha value is -1.51. The van der Waals surface area contributed by atoms with E-state index in [-0.39, 0.29) is 5.75 Å². The van der Waals surface area contributed by atoms with Gasteiger partial charge >= 0.3 is 5.97 Å². The summed E-state index contributed by atoms with van der Waals surface area (Å²) in [6.45, 7) is 2.24. The van der Waals surface area contributed by atoms with Crippen molar-refractivity contribution in [2.75, 3.05) is 7.11 Å². The van der Waals surface area contributed by atoms with Crippen LogP contribution in [0.3, 0.4) is 0 Å². The number of ether oxygens (including phenoxy) is 1. The Kier molecular flexibility index (Phi) is 9.36. The molecular formula is C19H30O3. The van der Waals surface area contributed by atoms with E-state index in [4.69, 9.17) is 4.74 Å². The lowest BCUT2D eigenvalue weighted by molar-refractivity contribution is 0.0596. The van der Waals surface area contributed by atoms with Crippen LogP contribution in [-0.2, 0) is 11.2 Å². The number of unbranched alkanes of at least 4 members (excludes halogenated alkanes) is 8. The van der Waals surface area contributed by atoms with Crippen molar-refractivity contribution in [1.82, 2.24) is 0 Å². The van der Waals surface area contributed by atoms with Crippen LogP contribution in [0.2, 0.25) is 0 Å². The van der Waals surface area contributed by atoms with E-state index in [0.29, 0.717) is 5.56 Å². The second kappa shape index (κ2) is 11.1. The van der Waals surface area contributed by atoms with Gasteiger partial charge in [-0.1, -0.05) is 70.4 Å². The Morgan fingerprint density at radius 3 is 2.18 bits per heavy atom. The summed E-state index contributed by atoms with van der Waals surface area (Å²) in [5.74, 6) is -0.440. The predicted octanol–water partition coefficient (Wildman–Crippen LogP) is 5.25. The van der Waals surface area contributed by atoms with Gasteiger partial charge in [0.2, 0.25) is 0 Å². The van der Waals surface area contributed by atoms with Crippen LogP contribution in [-0.4, -0.2) is 18.2 Å². The maximum Gasteiger partial charge on any atom is 0.341 e. The van der Waals surface area contributed by atoms with Crippen molar-refractivity contribution in [3.05, 3.63) is 29.3 Å². The third-order valence-electron chi connectivity index (χ3n) is 4.07. The van der Waals surface area contributed by atoms with E-state index in [1.165, 1.54) is 64.5 Å². The Labute approximate surface area is 134 Å². The number of carbonyl (C=O) groups is 1. The van der Waals surface area contributed by atoms with E-state index in [2.05, 4.69) is 6.92 Å². The third kappa shape index (κ3) is 6.50. The average Bonchev–Trinajstić information content (AvgIpc) is 2.52. The maximum atomic E-state index is 11.7. The minimum atomic E-state index is -0.455. The molecule has 124 valence electrons. The Bertz CT molecular complexity index is 440. The van der Waals surface area contributed by atoms with Crippen LogP contribution < -0.4 is 0 Å². The summed E-state index contributed by atoms with van der Waals surface area (Å²) in [4.78, 5) is 11.7. The van der Waals surface area contributed by atoms with Gasteiger partial charge in [0.05, 0.1) is 7.11 Å². The Morgan fingerprint density at radius 1 is 1.00 bits per heavy atom. The lowest BCUT2D eigenvalue weighted by atomic mass is 9.99. The van der Waals surface area contributed by atoms with E-state index in [1.54, 1.807) is 6.07 Å². The fraction of sp³-hybridized carbons (Fsp3) is 0.632. The van der Waals surface area contributed by atoms with Gasteiger partial charge in [0.25, 0.3) is 0 Å². The molecule has 1 aromatic rings. The molecule has 0 amide bonds. The van der Waals surface area contributed by atoms with Gasteiger partial charge in [0, 0.05) is 0 Å². The van der Waals surface area contributed by atoms with Crippen LogP contribution in [0.15, 0.2) is 18.2 Å². The maximum absolute atomic E-state index is 11.7. The van der Waals surface area contributed by atoms with Crippen LogP contribution in [0, 0.1) is 0 Å². The molecule has 0 radical (unpaired) electrons. The summed E-state index contributed by atoms with van der Waals surface area (Å²) in [6.07, 6.45) is 12.3. The first-order chi connectivity index (χ1) is 10.7. The van der Waals surface area contributed by atoms with Gasteiger partial charge in [-0.25, -0.2) is 4.79 Å². The molecule has 0 aromatic heterocycles. The molecule has 0 bridgehead atoms. The molecule has 0 unspecified atom stereocenters. The summed E-state index contributed by atoms with van der Waals surface area (Å²) in [7, 11) is 1.34. The number of aryl methyl sites for hydroxylation is 1. The second-order valence-corrected chi connectivity index (χ2v) is 5.88. The predicted molar refractivity (Wildman–Crippen MR) is 90.4 cm³/mol. The molecule has 0 aliphatic heterocycles. The van der Waals surface area contributed by atoms with Crippen molar-refractivity contribution in [2.45, 2.75) is 71.1 Å². The van der Waals surface area contributed by atoms with Gasteiger partial charge in [-0.3, -0.25) is 0 Å². The molecule has 0 spiro atoms. The molecule has 3 heteroatoms. The molecule has 0 heterocycles. The minimum Gasteiger partial charge on any atom is -0.507 e. The number of esters is 1. The van der Waals surface area contributed by atoms with E-state index < -0.39 is 5.97 Å². The first-order valence-electron chi connectivity index (χ1n) is 8.59. The molecule has 1 rings (SSSR count). The van der Waals surface area contributed by atoms with Crippen LogP contribution >= 0.6 is 0 Å². The zero-order valence-corrected chi connectivity index (χ0v) is 14.1. The van der Waals surface area contributed by atoms with Gasteiger partial charge in [-0.2, -0.15) is 0 Å². The van der Waals surface area contributed by atoms with Crippen LogP contribution in [0.1, 0.15) is 80.6 Å². The van der Waals surface area contributed by atoms with E-state index >= 15 is 0 Å². The van der Waals surface area contributed by atoms with E-state index in [0.717, 1.165) is 18.4 Å². The Balaban J connectivity index is 2.28. The topological polar surface area (TPSA) is 46.5 Å². The molecule has 0 aliphatic carbocycles. The van der Waals surface area contributed by atoms with Crippen molar-refractivity contribution in [3.63, 3.8) is 0 Å². The van der Waals surface area contributed by atoms with Crippen LogP contribution in [0.4, 0.5) is 0 Å². The molecule has 0 aliphatic rings. The molecule has 0 fully saturated rings. The lowest BCUT2D eigenvalue weighted by Gasteiger charge is -2.09. The highest BCUT2D eigenvalue weighted by molar-refractivity contribution is 5.94. The van der Waals surface area contributed by atoms with Gasteiger partial charge in [0.15, 0.2) is 0 Å². The number of hydrogen-bond acceptors (Lipinski definition) is 3. The molecular weight excluding hydrogens is 276 g/mol. The molecule has 1 aromatic carbocycles. The van der Waals surface area contributed by atoms with Crippen LogP contribution in [0.5, 0.6) is 5.75 Å². The lowest BCUT2D eigenvalue weighted by Crippen LogP contribution is -2.06. The molecule has 0 saturated heterocycles. The number of hydrogen-bond donors (Lipinski definition) is 1. The number of phenolic OH excluding ortho intramolecular Hbond substituents is 1. The smallest absolute Gasteiger partial charge is 0.341 e. The standard InChI is InChI=1S/C19H30O3/c1-3-4-5-6-7-8-9-10-11-13-16-14-12-15-17(20)18(16)19(21)22-2/h12,14-15,20H,3-11,13H2,1-2H3. The van der Waals surface area contributed by atoms with Crippen molar-refractivity contribution in [1.29, 1.82) is 0 Å². The quantitative estimate of drug-likeness (QED) is 0.448. The highest BCUT2D eigenvalue weighted by Gasteiger charge is 2.15. The summed E-state index contributed by atoms with van der Waals surface area (Å²) in [6, 6.07) is 5.22. The number of aromatic hydroxyl groups is 1. The van der Waals surface area contributed by atoms with E-state index in [9.17, 15) is 9.90 Å². The normalized spacial score (nSPS) is 10.6. The summed E-state index contributed by atoms with van der Waals surface area (Å²) >= 11 is 0. The number of carbonyl (C=O) groups excluding carboxylic acids is 1. The van der Waals surface area contributed by atoms with Gasteiger partial charge in [-0.15, -0.1) is 0 Å². The largest absolute Gasteiger partial charge is 0.507 e. The number of rotatable bonds is 11. The number of benzene rings is 1. The zero-order chi connectivity index (χ0) is 16.2. The summed E-state index contributed by atoms with van der Waals surface area (Å²) in [5.41, 5.74) is 1.21.